The Bertz CT molecular complexity index is 840. The number of aromatic nitrogens is 2. The van der Waals surface area contributed by atoms with Gasteiger partial charge >= 0.3 is 0 Å². The fourth-order valence-electron chi connectivity index (χ4n) is 3.43. The molecular weight excluding hydrogens is 373 g/mol. The number of nitrogens with zero attached hydrogens (tertiary/aromatic N) is 3. The number of hydrogen-bond donors (Lipinski definition) is 2. The maximum atomic E-state index is 13.9. The molecule has 0 spiro atoms. The third-order valence-corrected chi connectivity index (χ3v) is 5.02. The van der Waals surface area contributed by atoms with Gasteiger partial charge in [-0.1, -0.05) is 0 Å². The van der Waals surface area contributed by atoms with Crippen molar-refractivity contribution in [3.63, 3.8) is 0 Å². The first kappa shape index (κ1) is 21.0. The molecule has 29 heavy (non-hydrogen) atoms. The Kier molecular flexibility index (Phi) is 6.98. The van der Waals surface area contributed by atoms with Gasteiger partial charge < -0.3 is 20.3 Å². The van der Waals surface area contributed by atoms with Gasteiger partial charge in [-0.3, -0.25) is 4.79 Å². The molecule has 1 fully saturated rings. The molecule has 1 aromatic carbocycles. The highest BCUT2D eigenvalue weighted by molar-refractivity contribution is 5.97. The lowest BCUT2D eigenvalue weighted by Gasteiger charge is -2.26. The van der Waals surface area contributed by atoms with Crippen LogP contribution in [0, 0.1) is 11.7 Å². The minimum atomic E-state index is -0.489. The van der Waals surface area contributed by atoms with E-state index in [1.54, 1.807) is 11.1 Å². The molecule has 1 aliphatic rings. The van der Waals surface area contributed by atoms with Gasteiger partial charge in [0.15, 0.2) is 11.6 Å². The molecule has 1 saturated heterocycles. The lowest BCUT2D eigenvalue weighted by atomic mass is 10.1. The highest BCUT2D eigenvalue weighted by Crippen LogP contribution is 2.31. The summed E-state index contributed by atoms with van der Waals surface area (Å²) in [7, 11) is 0. The van der Waals surface area contributed by atoms with Crippen LogP contribution in [0.25, 0.3) is 0 Å². The molecule has 8 heteroatoms. The van der Waals surface area contributed by atoms with Crippen molar-refractivity contribution >= 4 is 11.7 Å². The Morgan fingerprint density at radius 2 is 2.24 bits per heavy atom. The molecule has 1 aromatic heterocycles. The van der Waals surface area contributed by atoms with E-state index in [-0.39, 0.29) is 23.3 Å². The van der Waals surface area contributed by atoms with Gasteiger partial charge in [-0.25, -0.2) is 14.4 Å². The maximum absolute atomic E-state index is 13.9. The zero-order chi connectivity index (χ0) is 20.8. The fraction of sp³-hybridized carbons (Fsp3) is 0.476. The van der Waals surface area contributed by atoms with Crippen LogP contribution in [0.2, 0.25) is 0 Å². The third-order valence-electron chi connectivity index (χ3n) is 5.02. The number of anilines is 1. The van der Waals surface area contributed by atoms with E-state index >= 15 is 0 Å². The smallest absolute Gasteiger partial charge is 0.257 e. The first-order valence-corrected chi connectivity index (χ1v) is 10.0. The fourth-order valence-corrected chi connectivity index (χ4v) is 3.43. The summed E-state index contributed by atoms with van der Waals surface area (Å²) in [5, 5.41) is 6.63. The topological polar surface area (TPSA) is 79.4 Å². The van der Waals surface area contributed by atoms with Crippen LogP contribution in [0.5, 0.6) is 11.5 Å². The molecule has 1 amide bonds. The van der Waals surface area contributed by atoms with E-state index < -0.39 is 5.82 Å². The van der Waals surface area contributed by atoms with E-state index in [1.807, 2.05) is 20.8 Å². The highest BCUT2D eigenvalue weighted by Gasteiger charge is 2.23. The van der Waals surface area contributed by atoms with Crippen molar-refractivity contribution < 1.29 is 13.9 Å². The molecule has 2 heterocycles. The predicted octanol–water partition coefficient (Wildman–Crippen LogP) is 3.30. The monoisotopic (exact) mass is 401 g/mol. The number of carbonyl (C=O) groups excluding carboxylic acids is 1. The van der Waals surface area contributed by atoms with Gasteiger partial charge in [-0.2, -0.15) is 0 Å². The van der Waals surface area contributed by atoms with Crippen LogP contribution in [-0.4, -0.2) is 53.0 Å². The minimum Gasteiger partial charge on any atom is -0.451 e. The Hall–Kier alpha value is -2.74. The summed E-state index contributed by atoms with van der Waals surface area (Å²) in [6.07, 6.45) is 4.09. The van der Waals surface area contributed by atoms with Gasteiger partial charge in [-0.05, 0) is 64.4 Å². The van der Waals surface area contributed by atoms with Crippen LogP contribution in [0.1, 0.15) is 37.6 Å². The number of nitrogens with one attached hydrogen (secondary N) is 2. The molecule has 2 N–H and O–H groups in total. The summed E-state index contributed by atoms with van der Waals surface area (Å²) in [6.45, 7) is 8.99. The van der Waals surface area contributed by atoms with E-state index in [9.17, 15) is 9.18 Å². The van der Waals surface area contributed by atoms with Crippen molar-refractivity contribution in [3.05, 3.63) is 42.1 Å². The van der Waals surface area contributed by atoms with Crippen molar-refractivity contribution in [2.24, 2.45) is 5.92 Å². The number of rotatable bonds is 8. The molecule has 3 rings (SSSR count). The van der Waals surface area contributed by atoms with Crippen molar-refractivity contribution in [3.8, 4) is 11.5 Å². The molecular formula is C21H28FN5O2. The lowest BCUT2D eigenvalue weighted by molar-refractivity contribution is 0.0713. The summed E-state index contributed by atoms with van der Waals surface area (Å²) >= 11 is 0. The quantitative estimate of drug-likeness (QED) is 0.707. The summed E-state index contributed by atoms with van der Waals surface area (Å²) in [4.78, 5) is 23.0. The summed E-state index contributed by atoms with van der Waals surface area (Å²) in [6, 6.07) is 3.94. The predicted molar refractivity (Wildman–Crippen MR) is 110 cm³/mol. The number of carbonyl (C=O) groups is 1. The molecule has 0 radical (unpaired) electrons. The summed E-state index contributed by atoms with van der Waals surface area (Å²) < 4.78 is 19.9. The second-order valence-electron chi connectivity index (χ2n) is 7.40. The molecule has 1 aliphatic heterocycles. The van der Waals surface area contributed by atoms with Gasteiger partial charge in [0.2, 0.25) is 0 Å². The van der Waals surface area contributed by atoms with Gasteiger partial charge in [0, 0.05) is 19.1 Å². The molecule has 0 saturated carbocycles. The number of amides is 1. The van der Waals surface area contributed by atoms with Crippen LogP contribution < -0.4 is 15.4 Å². The first-order chi connectivity index (χ1) is 14.0. The van der Waals surface area contributed by atoms with Crippen LogP contribution in [0.4, 0.5) is 10.2 Å². The second-order valence-corrected chi connectivity index (χ2v) is 7.40. The molecule has 7 nitrogen and oxygen atoms in total. The molecule has 0 aliphatic carbocycles. The van der Waals surface area contributed by atoms with Crippen molar-refractivity contribution in [2.75, 3.05) is 31.5 Å². The number of benzene rings is 1. The summed E-state index contributed by atoms with van der Waals surface area (Å²) in [5.41, 5.74) is 0.176. The minimum absolute atomic E-state index is 0.0130. The third kappa shape index (κ3) is 5.20. The standard InChI is InChI=1S/C21H28FN5O2/c1-4-27(14(2)3)21(28)17-9-16(22)5-6-18(17)29-19-12-24-13-26-20(19)25-11-15-7-8-23-10-15/h5-6,9,12-15,23H,4,7-8,10-11H2,1-3H3,(H,24,25,26). The van der Waals surface area contributed by atoms with Crippen molar-refractivity contribution in [2.45, 2.75) is 33.2 Å². The molecule has 1 atom stereocenters. The van der Waals surface area contributed by atoms with E-state index in [2.05, 4.69) is 20.6 Å². The van der Waals surface area contributed by atoms with Gasteiger partial charge in [-0.15, -0.1) is 0 Å². The van der Waals surface area contributed by atoms with E-state index in [0.717, 1.165) is 26.1 Å². The zero-order valence-corrected chi connectivity index (χ0v) is 17.1. The van der Waals surface area contributed by atoms with Crippen LogP contribution in [0.3, 0.4) is 0 Å². The molecule has 0 bridgehead atoms. The molecule has 1 unspecified atom stereocenters. The van der Waals surface area contributed by atoms with Crippen molar-refractivity contribution in [1.29, 1.82) is 0 Å². The Morgan fingerprint density at radius 1 is 1.41 bits per heavy atom. The first-order valence-electron chi connectivity index (χ1n) is 10.0. The van der Waals surface area contributed by atoms with Crippen LogP contribution in [-0.2, 0) is 0 Å². The average Bonchev–Trinajstić information content (AvgIpc) is 3.22. The summed E-state index contributed by atoms with van der Waals surface area (Å²) in [5.74, 6) is 0.968. The average molecular weight is 401 g/mol. The number of halogens is 1. The normalized spacial score (nSPS) is 16.1. The van der Waals surface area contributed by atoms with Crippen LogP contribution >= 0.6 is 0 Å². The Balaban J connectivity index is 1.84. The number of ether oxygens (including phenoxy) is 1. The van der Waals surface area contributed by atoms with Gasteiger partial charge in [0.05, 0.1) is 11.8 Å². The second kappa shape index (κ2) is 9.65. The van der Waals surface area contributed by atoms with E-state index in [1.165, 1.54) is 24.5 Å². The van der Waals surface area contributed by atoms with E-state index in [0.29, 0.717) is 24.0 Å². The SMILES string of the molecule is CCN(C(=O)c1cc(F)ccc1Oc1cncnc1NCC1CCNC1)C(C)C. The maximum Gasteiger partial charge on any atom is 0.257 e. The van der Waals surface area contributed by atoms with Crippen molar-refractivity contribution in [1.82, 2.24) is 20.2 Å². The van der Waals surface area contributed by atoms with Gasteiger partial charge in [0.25, 0.3) is 5.91 Å². The molecule has 2 aromatic rings. The number of hydrogen-bond acceptors (Lipinski definition) is 6. The Labute approximate surface area is 170 Å². The molecule has 156 valence electrons. The highest BCUT2D eigenvalue weighted by atomic mass is 19.1. The Morgan fingerprint density at radius 3 is 2.93 bits per heavy atom. The van der Waals surface area contributed by atoms with Gasteiger partial charge in [0.1, 0.15) is 17.9 Å². The van der Waals surface area contributed by atoms with Crippen LogP contribution in [0.15, 0.2) is 30.7 Å². The zero-order valence-electron chi connectivity index (χ0n) is 17.1. The van der Waals surface area contributed by atoms with E-state index in [4.69, 9.17) is 4.74 Å². The lowest BCUT2D eigenvalue weighted by Crippen LogP contribution is -2.36. The largest absolute Gasteiger partial charge is 0.451 e.